The maximum atomic E-state index is 12.4. The van der Waals surface area contributed by atoms with Crippen LogP contribution in [0.2, 0.25) is 0 Å². The molecule has 1 fully saturated rings. The molecule has 24 heavy (non-hydrogen) atoms. The number of carbonyl (C=O) groups excluding carboxylic acids is 1. The van der Waals surface area contributed by atoms with Crippen LogP contribution in [0.1, 0.15) is 24.9 Å². The molecule has 7 nitrogen and oxygen atoms in total. The third-order valence-corrected chi connectivity index (χ3v) is 4.32. The average molecular weight is 328 g/mol. The second-order valence-electron chi connectivity index (χ2n) is 5.95. The summed E-state index contributed by atoms with van der Waals surface area (Å²) in [6.07, 6.45) is 4.06. The number of rotatable bonds is 4. The Morgan fingerprint density at radius 2 is 2.12 bits per heavy atom. The van der Waals surface area contributed by atoms with Gasteiger partial charge in [-0.05, 0) is 31.0 Å². The van der Waals surface area contributed by atoms with Gasteiger partial charge in [-0.3, -0.25) is 4.79 Å². The highest BCUT2D eigenvalue weighted by Crippen LogP contribution is 2.22. The number of para-hydroxylation sites is 1. The van der Waals surface area contributed by atoms with Crippen molar-refractivity contribution in [2.45, 2.75) is 19.4 Å². The van der Waals surface area contributed by atoms with Crippen LogP contribution in [0.4, 0.5) is 4.79 Å². The fourth-order valence-electron chi connectivity index (χ4n) is 2.97. The molecular formula is C17H20N4O3. The van der Waals surface area contributed by atoms with Crippen molar-refractivity contribution in [1.82, 2.24) is 20.0 Å². The lowest BCUT2D eigenvalue weighted by atomic mass is 10.1. The maximum Gasteiger partial charge on any atom is 0.317 e. The van der Waals surface area contributed by atoms with Crippen molar-refractivity contribution in [1.29, 1.82) is 0 Å². The summed E-state index contributed by atoms with van der Waals surface area (Å²) in [4.78, 5) is 25.0. The fraction of sp³-hybridized carbons (Fsp3) is 0.353. The van der Waals surface area contributed by atoms with E-state index in [4.69, 9.17) is 5.11 Å². The summed E-state index contributed by atoms with van der Waals surface area (Å²) >= 11 is 0. The number of urea groups is 1. The Balaban J connectivity index is 1.71. The van der Waals surface area contributed by atoms with Crippen LogP contribution in [-0.4, -0.2) is 44.9 Å². The molecule has 0 bridgehead atoms. The van der Waals surface area contributed by atoms with Gasteiger partial charge >= 0.3 is 12.0 Å². The zero-order valence-corrected chi connectivity index (χ0v) is 13.4. The van der Waals surface area contributed by atoms with E-state index in [9.17, 15) is 9.59 Å². The number of carboxylic acids is 1. The third-order valence-electron chi connectivity index (χ3n) is 4.32. The van der Waals surface area contributed by atoms with E-state index in [0.29, 0.717) is 13.0 Å². The van der Waals surface area contributed by atoms with Crippen molar-refractivity contribution in [2.24, 2.45) is 5.92 Å². The molecule has 0 saturated carbocycles. The largest absolute Gasteiger partial charge is 0.481 e. The quantitative estimate of drug-likeness (QED) is 0.899. The molecule has 2 atom stereocenters. The number of aromatic nitrogens is 2. The topological polar surface area (TPSA) is 87.5 Å². The second kappa shape index (κ2) is 6.74. The number of benzene rings is 1. The summed E-state index contributed by atoms with van der Waals surface area (Å²) in [5, 5.41) is 16.2. The van der Waals surface area contributed by atoms with E-state index in [-0.39, 0.29) is 18.6 Å². The second-order valence-corrected chi connectivity index (χ2v) is 5.95. The summed E-state index contributed by atoms with van der Waals surface area (Å²) in [5.74, 6) is -1.32. The standard InChI is InChI=1S/C17H20N4O3/c1-12(19-17(24)20-10-7-13(11-20)16(22)23)14-5-2-3-6-15(14)21-9-4-8-18-21/h2-6,8-9,12-13H,7,10-11H2,1H3,(H,19,24)(H,22,23). The highest BCUT2D eigenvalue weighted by Gasteiger charge is 2.31. The molecule has 3 rings (SSSR count). The van der Waals surface area contributed by atoms with Crippen LogP contribution in [0.5, 0.6) is 0 Å². The predicted octanol–water partition coefficient (Wildman–Crippen LogP) is 2.05. The third kappa shape index (κ3) is 3.24. The van der Waals surface area contributed by atoms with Gasteiger partial charge in [0.15, 0.2) is 0 Å². The van der Waals surface area contributed by atoms with Gasteiger partial charge in [0.1, 0.15) is 0 Å². The first kappa shape index (κ1) is 16.0. The Labute approximate surface area is 139 Å². The van der Waals surface area contributed by atoms with Crippen LogP contribution in [0.25, 0.3) is 5.69 Å². The lowest BCUT2D eigenvalue weighted by molar-refractivity contribution is -0.141. The summed E-state index contributed by atoms with van der Waals surface area (Å²) in [6.45, 7) is 2.63. The van der Waals surface area contributed by atoms with Crippen molar-refractivity contribution >= 4 is 12.0 Å². The Hall–Kier alpha value is -2.83. The van der Waals surface area contributed by atoms with E-state index in [1.807, 2.05) is 43.5 Å². The minimum Gasteiger partial charge on any atom is -0.481 e. The Morgan fingerprint density at radius 3 is 2.79 bits per heavy atom. The molecule has 2 unspecified atom stereocenters. The number of likely N-dealkylation sites (tertiary alicyclic amines) is 1. The van der Waals surface area contributed by atoms with Gasteiger partial charge in [0, 0.05) is 25.5 Å². The van der Waals surface area contributed by atoms with Crippen molar-refractivity contribution in [3.8, 4) is 5.69 Å². The number of aliphatic carboxylic acids is 1. The van der Waals surface area contributed by atoms with Crippen LogP contribution < -0.4 is 5.32 Å². The highest BCUT2D eigenvalue weighted by atomic mass is 16.4. The lowest BCUT2D eigenvalue weighted by Crippen LogP contribution is -2.40. The van der Waals surface area contributed by atoms with E-state index in [1.165, 1.54) is 0 Å². The minimum absolute atomic E-state index is 0.221. The van der Waals surface area contributed by atoms with Gasteiger partial charge in [0.25, 0.3) is 0 Å². The van der Waals surface area contributed by atoms with E-state index >= 15 is 0 Å². The van der Waals surface area contributed by atoms with Crippen molar-refractivity contribution in [2.75, 3.05) is 13.1 Å². The number of amides is 2. The molecule has 0 radical (unpaired) electrons. The average Bonchev–Trinajstić information content (AvgIpc) is 3.26. The number of nitrogens with one attached hydrogen (secondary N) is 1. The number of nitrogens with zero attached hydrogens (tertiary/aromatic N) is 3. The summed E-state index contributed by atoms with van der Waals surface area (Å²) in [7, 11) is 0. The van der Waals surface area contributed by atoms with Crippen LogP contribution in [-0.2, 0) is 4.79 Å². The summed E-state index contributed by atoms with van der Waals surface area (Å²) in [5.41, 5.74) is 1.85. The number of hydrogen-bond acceptors (Lipinski definition) is 3. The smallest absolute Gasteiger partial charge is 0.317 e. The Kier molecular flexibility index (Phi) is 4.50. The number of carbonyl (C=O) groups is 2. The molecule has 1 aliphatic rings. The van der Waals surface area contributed by atoms with Gasteiger partial charge in [0.05, 0.1) is 17.6 Å². The first-order valence-electron chi connectivity index (χ1n) is 7.93. The molecule has 2 N–H and O–H groups in total. The monoisotopic (exact) mass is 328 g/mol. The SMILES string of the molecule is CC(NC(=O)N1CCC(C(=O)O)C1)c1ccccc1-n1cccn1. The predicted molar refractivity (Wildman–Crippen MR) is 87.8 cm³/mol. The molecule has 2 amide bonds. The summed E-state index contributed by atoms with van der Waals surface area (Å²) < 4.78 is 1.76. The zero-order chi connectivity index (χ0) is 17.1. The molecule has 1 aromatic carbocycles. The molecule has 0 aliphatic carbocycles. The van der Waals surface area contributed by atoms with Crippen LogP contribution in [0.15, 0.2) is 42.7 Å². The number of hydrogen-bond donors (Lipinski definition) is 2. The van der Waals surface area contributed by atoms with E-state index < -0.39 is 11.9 Å². The maximum absolute atomic E-state index is 12.4. The van der Waals surface area contributed by atoms with Gasteiger partial charge in [0.2, 0.25) is 0 Å². The van der Waals surface area contributed by atoms with Gasteiger partial charge in [-0.25, -0.2) is 9.48 Å². The summed E-state index contributed by atoms with van der Waals surface area (Å²) in [6, 6.07) is 9.13. The molecule has 0 spiro atoms. The Bertz CT molecular complexity index is 729. The van der Waals surface area contributed by atoms with Crippen LogP contribution >= 0.6 is 0 Å². The van der Waals surface area contributed by atoms with E-state index in [2.05, 4.69) is 10.4 Å². The van der Waals surface area contributed by atoms with Gasteiger partial charge in [-0.2, -0.15) is 5.10 Å². The molecule has 126 valence electrons. The molecule has 2 aromatic rings. The van der Waals surface area contributed by atoms with Crippen LogP contribution in [0, 0.1) is 5.92 Å². The van der Waals surface area contributed by atoms with Gasteiger partial charge in [-0.1, -0.05) is 18.2 Å². The molecule has 7 heteroatoms. The minimum atomic E-state index is -0.845. The molecule has 1 aromatic heterocycles. The molecular weight excluding hydrogens is 308 g/mol. The first-order chi connectivity index (χ1) is 11.6. The molecule has 2 heterocycles. The molecule has 1 saturated heterocycles. The van der Waals surface area contributed by atoms with Crippen molar-refractivity contribution in [3.63, 3.8) is 0 Å². The van der Waals surface area contributed by atoms with Crippen molar-refractivity contribution < 1.29 is 14.7 Å². The molecule has 1 aliphatic heterocycles. The van der Waals surface area contributed by atoms with E-state index in [0.717, 1.165) is 11.3 Å². The van der Waals surface area contributed by atoms with Crippen molar-refractivity contribution in [3.05, 3.63) is 48.3 Å². The lowest BCUT2D eigenvalue weighted by Gasteiger charge is -2.22. The zero-order valence-electron chi connectivity index (χ0n) is 13.4. The van der Waals surface area contributed by atoms with Gasteiger partial charge in [-0.15, -0.1) is 0 Å². The van der Waals surface area contributed by atoms with Crippen LogP contribution in [0.3, 0.4) is 0 Å². The highest BCUT2D eigenvalue weighted by molar-refractivity contribution is 5.77. The van der Waals surface area contributed by atoms with E-state index in [1.54, 1.807) is 15.8 Å². The van der Waals surface area contributed by atoms with Gasteiger partial charge < -0.3 is 15.3 Å². The first-order valence-corrected chi connectivity index (χ1v) is 7.93. The Morgan fingerprint density at radius 1 is 1.33 bits per heavy atom. The normalized spacial score (nSPS) is 18.4. The number of carboxylic acid groups (broad SMARTS) is 1. The fourth-order valence-corrected chi connectivity index (χ4v) is 2.97.